The van der Waals surface area contributed by atoms with Gasteiger partial charge in [-0.2, -0.15) is 0 Å². The summed E-state index contributed by atoms with van der Waals surface area (Å²) in [7, 11) is 0.714. The van der Waals surface area contributed by atoms with Crippen LogP contribution in [0, 0.1) is 0 Å². The molecule has 134 valence electrons. The van der Waals surface area contributed by atoms with Crippen LogP contribution < -0.4 is 5.32 Å². The molecule has 1 aromatic carbocycles. The van der Waals surface area contributed by atoms with E-state index in [0.717, 1.165) is 0 Å². The molecule has 24 heavy (non-hydrogen) atoms. The van der Waals surface area contributed by atoms with Gasteiger partial charge >= 0.3 is 6.03 Å². The number of hydrogen-bond acceptors (Lipinski definition) is 4. The third-order valence-corrected chi connectivity index (χ3v) is 6.18. The summed E-state index contributed by atoms with van der Waals surface area (Å²) in [5.41, 5.74) is 0.407. The fraction of sp³-hybridized carbons (Fsp3) is 0.533. The van der Waals surface area contributed by atoms with E-state index in [1.54, 1.807) is 23.1 Å². The van der Waals surface area contributed by atoms with E-state index in [2.05, 4.69) is 5.32 Å². The summed E-state index contributed by atoms with van der Waals surface area (Å²) in [5.74, 6) is 0.110. The second kappa shape index (κ2) is 7.91. The van der Waals surface area contributed by atoms with E-state index in [1.165, 1.54) is 0 Å². The van der Waals surface area contributed by atoms with Gasteiger partial charge in [0.1, 0.15) is 0 Å². The minimum atomic E-state index is -3.08. The van der Waals surface area contributed by atoms with Crippen LogP contribution in [0.25, 0.3) is 0 Å². The maximum absolute atomic E-state index is 12.7. The maximum Gasteiger partial charge on any atom is 0.322 e. The van der Waals surface area contributed by atoms with Crippen LogP contribution in [0.5, 0.6) is 0 Å². The van der Waals surface area contributed by atoms with Crippen molar-refractivity contribution in [1.29, 1.82) is 0 Å². The van der Waals surface area contributed by atoms with E-state index in [9.17, 15) is 13.2 Å². The number of nitrogens with one attached hydrogen (secondary N) is 1. The molecule has 1 aliphatic rings. The number of urea groups is 1. The van der Waals surface area contributed by atoms with Gasteiger partial charge in [-0.05, 0) is 38.7 Å². The molecule has 1 N–H and O–H groups in total. The quantitative estimate of drug-likeness (QED) is 0.834. The fourth-order valence-electron chi connectivity index (χ4n) is 2.56. The van der Waals surface area contributed by atoms with Crippen molar-refractivity contribution < 1.29 is 13.2 Å². The van der Waals surface area contributed by atoms with Crippen molar-refractivity contribution in [2.45, 2.75) is 12.5 Å². The summed E-state index contributed by atoms with van der Waals surface area (Å²) in [6.07, 6.45) is 0.451. The Morgan fingerprint density at radius 3 is 2.58 bits per heavy atom. The largest absolute Gasteiger partial charge is 0.322 e. The Bertz CT molecular complexity index is 710. The summed E-state index contributed by atoms with van der Waals surface area (Å²) in [4.78, 5) is 16.2. The number of rotatable bonds is 5. The predicted molar refractivity (Wildman–Crippen MR) is 97.8 cm³/mol. The second-order valence-corrected chi connectivity index (χ2v) is 9.18. The lowest BCUT2D eigenvalue weighted by molar-refractivity contribution is 0.186. The predicted octanol–water partition coefficient (Wildman–Crippen LogP) is 2.58. The topological polar surface area (TPSA) is 69.7 Å². The summed E-state index contributed by atoms with van der Waals surface area (Å²) in [6, 6.07) is 4.10. The second-order valence-electron chi connectivity index (χ2n) is 6.11. The minimum absolute atomic E-state index is 0.00285. The monoisotopic (exact) mass is 393 g/mol. The normalized spacial score (nSPS) is 19.5. The van der Waals surface area contributed by atoms with Gasteiger partial charge in [0.15, 0.2) is 9.84 Å². The first-order chi connectivity index (χ1) is 11.2. The Labute approximate surface area is 152 Å². The Morgan fingerprint density at radius 2 is 2.00 bits per heavy atom. The van der Waals surface area contributed by atoms with E-state index in [-0.39, 0.29) is 23.6 Å². The van der Waals surface area contributed by atoms with Crippen LogP contribution in [0.2, 0.25) is 10.0 Å². The van der Waals surface area contributed by atoms with Crippen molar-refractivity contribution in [1.82, 2.24) is 9.80 Å². The van der Waals surface area contributed by atoms with Crippen LogP contribution in [-0.4, -0.2) is 69.0 Å². The number of anilines is 1. The number of carbonyl (C=O) groups is 1. The Hall–Kier alpha value is -1.02. The highest BCUT2D eigenvalue weighted by Crippen LogP contribution is 2.26. The molecule has 0 saturated carbocycles. The van der Waals surface area contributed by atoms with Crippen LogP contribution >= 0.6 is 23.2 Å². The SMILES string of the molecule is CN(C)CCN(C(=O)Nc1cc(Cl)ccc1Cl)C1CCS(=O)(=O)C1. The van der Waals surface area contributed by atoms with E-state index < -0.39 is 9.84 Å². The fourth-order valence-corrected chi connectivity index (χ4v) is 4.63. The van der Waals surface area contributed by atoms with Gasteiger partial charge in [0.2, 0.25) is 0 Å². The molecule has 1 aliphatic heterocycles. The Kier molecular flexibility index (Phi) is 6.36. The molecular weight excluding hydrogens is 373 g/mol. The zero-order chi connectivity index (χ0) is 17.9. The van der Waals surface area contributed by atoms with E-state index in [4.69, 9.17) is 23.2 Å². The molecule has 0 aromatic heterocycles. The molecule has 0 aliphatic carbocycles. The number of carbonyl (C=O) groups excluding carboxylic acids is 1. The van der Waals surface area contributed by atoms with Crippen LogP contribution in [0.3, 0.4) is 0 Å². The standard InChI is InChI=1S/C15H21Cl2N3O3S/c1-19(2)6-7-20(12-5-8-24(22,23)10-12)15(21)18-14-9-11(16)3-4-13(14)17/h3-4,9,12H,5-8,10H2,1-2H3,(H,18,21). The molecule has 0 bridgehead atoms. The molecule has 1 aromatic rings. The zero-order valence-corrected chi connectivity index (χ0v) is 16.0. The highest BCUT2D eigenvalue weighted by atomic mass is 35.5. The van der Waals surface area contributed by atoms with Crippen LogP contribution in [0.4, 0.5) is 10.5 Å². The smallest absolute Gasteiger partial charge is 0.319 e. The Balaban J connectivity index is 2.16. The molecule has 0 radical (unpaired) electrons. The average molecular weight is 394 g/mol. The van der Waals surface area contributed by atoms with E-state index in [0.29, 0.717) is 35.2 Å². The molecule has 1 heterocycles. The number of likely N-dealkylation sites (N-methyl/N-ethyl adjacent to an activating group) is 1. The van der Waals surface area contributed by atoms with Crippen LogP contribution in [0.15, 0.2) is 18.2 Å². The molecule has 6 nitrogen and oxygen atoms in total. The van der Waals surface area contributed by atoms with Crippen molar-refractivity contribution in [3.8, 4) is 0 Å². The van der Waals surface area contributed by atoms with E-state index >= 15 is 0 Å². The van der Waals surface area contributed by atoms with Crippen molar-refractivity contribution in [2.75, 3.05) is 44.0 Å². The molecule has 1 unspecified atom stereocenters. The van der Waals surface area contributed by atoms with Crippen molar-refractivity contribution in [2.24, 2.45) is 0 Å². The first-order valence-corrected chi connectivity index (χ1v) is 10.1. The zero-order valence-electron chi connectivity index (χ0n) is 13.6. The summed E-state index contributed by atoms with van der Waals surface area (Å²) in [6.45, 7) is 1.06. The number of benzene rings is 1. The molecule has 2 rings (SSSR count). The van der Waals surface area contributed by atoms with Gasteiger partial charge in [0, 0.05) is 24.2 Å². The molecule has 9 heteroatoms. The Morgan fingerprint density at radius 1 is 1.29 bits per heavy atom. The number of halogens is 2. The highest BCUT2D eigenvalue weighted by molar-refractivity contribution is 7.91. The lowest BCUT2D eigenvalue weighted by atomic mass is 10.2. The minimum Gasteiger partial charge on any atom is -0.319 e. The van der Waals surface area contributed by atoms with Crippen molar-refractivity contribution in [3.63, 3.8) is 0 Å². The van der Waals surface area contributed by atoms with Gasteiger partial charge in [-0.15, -0.1) is 0 Å². The third kappa shape index (κ3) is 5.24. The molecule has 0 spiro atoms. The highest BCUT2D eigenvalue weighted by Gasteiger charge is 2.34. The van der Waals surface area contributed by atoms with E-state index in [1.807, 2.05) is 19.0 Å². The van der Waals surface area contributed by atoms with Gasteiger partial charge in [-0.3, -0.25) is 0 Å². The van der Waals surface area contributed by atoms with Gasteiger partial charge in [0.05, 0.1) is 22.2 Å². The molecule has 2 amide bonds. The lowest BCUT2D eigenvalue weighted by Gasteiger charge is -2.29. The third-order valence-electron chi connectivity index (χ3n) is 3.87. The molecule has 1 atom stereocenters. The first kappa shape index (κ1) is 19.3. The van der Waals surface area contributed by atoms with Gasteiger partial charge in [-0.25, -0.2) is 13.2 Å². The number of amides is 2. The molecule has 1 saturated heterocycles. The van der Waals surface area contributed by atoms with Crippen molar-refractivity contribution >= 4 is 44.8 Å². The summed E-state index contributed by atoms with van der Waals surface area (Å²) in [5, 5.41) is 3.57. The summed E-state index contributed by atoms with van der Waals surface area (Å²) >= 11 is 12.0. The van der Waals surface area contributed by atoms with Gasteiger partial charge in [-0.1, -0.05) is 23.2 Å². The molecular formula is C15H21Cl2N3O3S. The van der Waals surface area contributed by atoms with Crippen LogP contribution in [-0.2, 0) is 9.84 Å². The van der Waals surface area contributed by atoms with Gasteiger partial charge < -0.3 is 15.1 Å². The first-order valence-electron chi connectivity index (χ1n) is 7.56. The maximum atomic E-state index is 12.7. The number of hydrogen-bond donors (Lipinski definition) is 1. The van der Waals surface area contributed by atoms with Gasteiger partial charge in [0.25, 0.3) is 0 Å². The number of nitrogens with zero attached hydrogens (tertiary/aromatic N) is 2. The van der Waals surface area contributed by atoms with Crippen LogP contribution in [0.1, 0.15) is 6.42 Å². The lowest BCUT2D eigenvalue weighted by Crippen LogP contribution is -2.46. The number of sulfone groups is 1. The average Bonchev–Trinajstić information content (AvgIpc) is 2.83. The van der Waals surface area contributed by atoms with Crippen molar-refractivity contribution in [3.05, 3.63) is 28.2 Å². The molecule has 1 fully saturated rings. The summed E-state index contributed by atoms with van der Waals surface area (Å²) < 4.78 is 23.5.